The molecule has 1 aliphatic heterocycles. The number of hydrogen-bond acceptors (Lipinski definition) is 4. The predicted octanol–water partition coefficient (Wildman–Crippen LogP) is 2.08. The van der Waals surface area contributed by atoms with Crippen LogP contribution in [0.15, 0.2) is 4.99 Å². The maximum Gasteiger partial charge on any atom is 0.191 e. The van der Waals surface area contributed by atoms with Crippen LogP contribution in [0.3, 0.4) is 0 Å². The summed E-state index contributed by atoms with van der Waals surface area (Å²) in [7, 11) is 3.98. The third-order valence-electron chi connectivity index (χ3n) is 5.84. The van der Waals surface area contributed by atoms with E-state index in [1.54, 1.807) is 0 Å². The predicted molar refractivity (Wildman–Crippen MR) is 114 cm³/mol. The van der Waals surface area contributed by atoms with Crippen LogP contribution in [0.25, 0.3) is 0 Å². The van der Waals surface area contributed by atoms with Crippen molar-refractivity contribution < 1.29 is 9.47 Å². The Morgan fingerprint density at radius 1 is 1.32 bits per heavy atom. The van der Waals surface area contributed by atoms with Gasteiger partial charge in [-0.1, -0.05) is 13.8 Å². The van der Waals surface area contributed by atoms with Gasteiger partial charge in [-0.05, 0) is 33.2 Å². The molecule has 1 saturated carbocycles. The van der Waals surface area contributed by atoms with E-state index in [1.807, 2.05) is 7.05 Å². The van der Waals surface area contributed by atoms with Gasteiger partial charge in [-0.25, -0.2) is 0 Å². The first kappa shape index (κ1) is 22.9. The Morgan fingerprint density at radius 2 is 2.04 bits per heavy atom. The standard InChI is InChI=1S/C18H36N4O2.HI/c1-6-18(7-2)15(11-16(18)23-8-3)21-17(19-4)20-12-14-13-22(5)9-10-24-14;/h14-16H,6-13H2,1-5H3,(H2,19,20,21);1H. The minimum absolute atomic E-state index is 0. The van der Waals surface area contributed by atoms with Crippen molar-refractivity contribution in [3.8, 4) is 0 Å². The third kappa shape index (κ3) is 5.43. The fourth-order valence-electron chi connectivity index (χ4n) is 4.14. The van der Waals surface area contributed by atoms with Crippen LogP contribution in [0.5, 0.6) is 0 Å². The molecule has 1 saturated heterocycles. The number of halogens is 1. The maximum absolute atomic E-state index is 5.96. The summed E-state index contributed by atoms with van der Waals surface area (Å²) in [6, 6.07) is 0.421. The molecule has 3 atom stereocenters. The lowest BCUT2D eigenvalue weighted by atomic mass is 9.58. The Morgan fingerprint density at radius 3 is 2.60 bits per heavy atom. The van der Waals surface area contributed by atoms with Crippen LogP contribution in [0.2, 0.25) is 0 Å². The number of nitrogens with one attached hydrogen (secondary N) is 2. The van der Waals surface area contributed by atoms with Gasteiger partial charge in [-0.2, -0.15) is 0 Å². The second kappa shape index (κ2) is 10.9. The molecule has 2 rings (SSSR count). The smallest absolute Gasteiger partial charge is 0.191 e. The summed E-state index contributed by atoms with van der Waals surface area (Å²) in [5.74, 6) is 0.873. The molecule has 6 nitrogen and oxygen atoms in total. The topological polar surface area (TPSA) is 58.1 Å². The lowest BCUT2D eigenvalue weighted by Gasteiger charge is -2.55. The highest BCUT2D eigenvalue weighted by Gasteiger charge is 2.53. The zero-order chi connectivity index (χ0) is 17.6. The molecule has 0 spiro atoms. The quantitative estimate of drug-likeness (QED) is 0.341. The van der Waals surface area contributed by atoms with E-state index in [9.17, 15) is 0 Å². The van der Waals surface area contributed by atoms with Crippen LogP contribution >= 0.6 is 24.0 Å². The molecule has 0 radical (unpaired) electrons. The third-order valence-corrected chi connectivity index (χ3v) is 5.84. The molecule has 3 unspecified atom stereocenters. The number of ether oxygens (including phenoxy) is 2. The highest BCUT2D eigenvalue weighted by molar-refractivity contribution is 14.0. The molecule has 0 aromatic rings. The molecule has 2 aliphatic rings. The van der Waals surface area contributed by atoms with E-state index in [0.717, 1.165) is 58.1 Å². The SMILES string of the molecule is CCOC1CC(NC(=NC)NCC2CN(C)CCO2)C1(CC)CC.I. The Bertz CT molecular complexity index is 418. The Labute approximate surface area is 170 Å². The van der Waals surface area contributed by atoms with Crippen molar-refractivity contribution >= 4 is 29.9 Å². The lowest BCUT2D eigenvalue weighted by Crippen LogP contribution is -2.66. The highest BCUT2D eigenvalue weighted by atomic mass is 127. The van der Waals surface area contributed by atoms with Gasteiger partial charge in [-0.3, -0.25) is 4.99 Å². The molecule has 1 aliphatic carbocycles. The van der Waals surface area contributed by atoms with E-state index in [-0.39, 0.29) is 35.5 Å². The molecule has 2 N–H and O–H groups in total. The zero-order valence-electron chi connectivity index (χ0n) is 16.5. The molecule has 0 aromatic heterocycles. The Hall–Kier alpha value is -0.120. The first-order chi connectivity index (χ1) is 11.6. The Kier molecular flexibility index (Phi) is 9.98. The van der Waals surface area contributed by atoms with Gasteiger partial charge in [-0.15, -0.1) is 24.0 Å². The van der Waals surface area contributed by atoms with Crippen LogP contribution in [0.4, 0.5) is 0 Å². The van der Waals surface area contributed by atoms with Gasteiger partial charge in [0.15, 0.2) is 5.96 Å². The number of guanidine groups is 1. The molecule has 25 heavy (non-hydrogen) atoms. The van der Waals surface area contributed by atoms with Gasteiger partial charge in [0.25, 0.3) is 0 Å². The normalized spacial score (nSPS) is 29.5. The molecule has 148 valence electrons. The largest absolute Gasteiger partial charge is 0.378 e. The van der Waals surface area contributed by atoms with E-state index < -0.39 is 0 Å². The summed E-state index contributed by atoms with van der Waals surface area (Å²) in [6.07, 6.45) is 3.89. The molecule has 2 fully saturated rings. The summed E-state index contributed by atoms with van der Waals surface area (Å²) < 4.78 is 11.8. The van der Waals surface area contributed by atoms with Gasteiger partial charge in [0.1, 0.15) is 0 Å². The first-order valence-electron chi connectivity index (χ1n) is 9.48. The second-order valence-electron chi connectivity index (χ2n) is 7.03. The van der Waals surface area contributed by atoms with Crippen LogP contribution in [0, 0.1) is 5.41 Å². The summed E-state index contributed by atoms with van der Waals surface area (Å²) in [5.41, 5.74) is 0.217. The molecule has 1 heterocycles. The van der Waals surface area contributed by atoms with E-state index >= 15 is 0 Å². The summed E-state index contributed by atoms with van der Waals surface area (Å²) in [5, 5.41) is 7.06. The molecule has 0 aromatic carbocycles. The fraction of sp³-hybridized carbons (Fsp3) is 0.944. The average Bonchev–Trinajstić information content (AvgIpc) is 2.58. The number of likely N-dealkylation sites (N-methyl/N-ethyl adjacent to an activating group) is 1. The van der Waals surface area contributed by atoms with Crippen molar-refractivity contribution in [2.75, 3.05) is 46.9 Å². The van der Waals surface area contributed by atoms with Crippen molar-refractivity contribution in [1.29, 1.82) is 0 Å². The Balaban J connectivity index is 0.00000312. The highest BCUT2D eigenvalue weighted by Crippen LogP contribution is 2.48. The first-order valence-corrected chi connectivity index (χ1v) is 9.48. The zero-order valence-corrected chi connectivity index (χ0v) is 18.8. The number of nitrogens with zero attached hydrogens (tertiary/aromatic N) is 2. The van der Waals surface area contributed by atoms with E-state index in [2.05, 4.69) is 48.3 Å². The molecule has 0 amide bonds. The maximum atomic E-state index is 5.96. The fourth-order valence-corrected chi connectivity index (χ4v) is 4.14. The van der Waals surface area contributed by atoms with Crippen LogP contribution in [0.1, 0.15) is 40.0 Å². The molecular weight excluding hydrogens is 431 g/mol. The molecular formula is C18H37IN4O2. The van der Waals surface area contributed by atoms with Crippen molar-refractivity contribution in [3.63, 3.8) is 0 Å². The number of aliphatic imine (C=N–C) groups is 1. The molecule has 0 bridgehead atoms. The second-order valence-corrected chi connectivity index (χ2v) is 7.03. The number of morpholine rings is 1. The van der Waals surface area contributed by atoms with Crippen molar-refractivity contribution in [3.05, 3.63) is 0 Å². The van der Waals surface area contributed by atoms with E-state index in [0.29, 0.717) is 12.1 Å². The summed E-state index contributed by atoms with van der Waals surface area (Å²) >= 11 is 0. The summed E-state index contributed by atoms with van der Waals surface area (Å²) in [4.78, 5) is 6.71. The molecule has 7 heteroatoms. The van der Waals surface area contributed by atoms with E-state index in [4.69, 9.17) is 9.47 Å². The average molecular weight is 468 g/mol. The van der Waals surface area contributed by atoms with Gasteiger partial charge < -0.3 is 25.0 Å². The summed E-state index contributed by atoms with van der Waals surface area (Å²) in [6.45, 7) is 11.0. The minimum Gasteiger partial charge on any atom is -0.378 e. The lowest BCUT2D eigenvalue weighted by molar-refractivity contribution is -0.133. The van der Waals surface area contributed by atoms with Gasteiger partial charge in [0.2, 0.25) is 0 Å². The van der Waals surface area contributed by atoms with Crippen molar-refractivity contribution in [2.24, 2.45) is 10.4 Å². The van der Waals surface area contributed by atoms with E-state index in [1.165, 1.54) is 0 Å². The van der Waals surface area contributed by atoms with Gasteiger partial charge in [0, 0.05) is 44.7 Å². The van der Waals surface area contributed by atoms with Crippen LogP contribution < -0.4 is 10.6 Å². The number of hydrogen-bond donors (Lipinski definition) is 2. The van der Waals surface area contributed by atoms with Crippen molar-refractivity contribution in [1.82, 2.24) is 15.5 Å². The van der Waals surface area contributed by atoms with Gasteiger partial charge in [0.05, 0.1) is 18.8 Å². The van der Waals surface area contributed by atoms with Crippen molar-refractivity contribution in [2.45, 2.75) is 58.3 Å². The van der Waals surface area contributed by atoms with Crippen LogP contribution in [-0.4, -0.2) is 76.1 Å². The minimum atomic E-state index is 0. The van der Waals surface area contributed by atoms with Gasteiger partial charge >= 0.3 is 0 Å². The number of rotatable bonds is 7. The van der Waals surface area contributed by atoms with Crippen LogP contribution in [-0.2, 0) is 9.47 Å². The monoisotopic (exact) mass is 468 g/mol.